The Labute approximate surface area is 197 Å². The molecule has 3 atom stereocenters. The maximum absolute atomic E-state index is 6.81. The van der Waals surface area contributed by atoms with Crippen molar-refractivity contribution in [2.45, 2.75) is 116 Å². The van der Waals surface area contributed by atoms with E-state index in [1.807, 2.05) is 0 Å². The summed E-state index contributed by atoms with van der Waals surface area (Å²) in [4.78, 5) is 0. The SMILES string of the molecule is CCC1(COC2CCCC(OCC3(CC)COC3)C(C3CCCCCCC3)CC2)COC1. The first kappa shape index (κ1) is 24.9. The van der Waals surface area contributed by atoms with Gasteiger partial charge in [0.1, 0.15) is 0 Å². The van der Waals surface area contributed by atoms with Gasteiger partial charge < -0.3 is 18.9 Å². The fourth-order valence-corrected chi connectivity index (χ4v) is 6.44. The molecule has 3 unspecified atom stereocenters. The van der Waals surface area contributed by atoms with Gasteiger partial charge in [0.25, 0.3) is 0 Å². The maximum Gasteiger partial charge on any atom is 0.0606 e. The summed E-state index contributed by atoms with van der Waals surface area (Å²) in [6.45, 7) is 9.94. The van der Waals surface area contributed by atoms with Crippen molar-refractivity contribution in [3.8, 4) is 0 Å². The predicted octanol–water partition coefficient (Wildman–Crippen LogP) is 6.55. The van der Waals surface area contributed by atoms with Crippen LogP contribution in [0.15, 0.2) is 0 Å². The van der Waals surface area contributed by atoms with Crippen molar-refractivity contribution in [1.82, 2.24) is 0 Å². The lowest BCUT2D eigenvalue weighted by atomic mass is 9.74. The molecule has 4 aliphatic rings. The highest BCUT2D eigenvalue weighted by Gasteiger charge is 2.41. The molecule has 4 fully saturated rings. The summed E-state index contributed by atoms with van der Waals surface area (Å²) in [7, 11) is 0. The first-order valence-corrected chi connectivity index (χ1v) is 14.1. The molecule has 0 radical (unpaired) electrons. The van der Waals surface area contributed by atoms with Gasteiger partial charge in [0, 0.05) is 10.8 Å². The third-order valence-corrected chi connectivity index (χ3v) is 9.43. The average Bonchev–Trinajstić information content (AvgIpc) is 2.70. The largest absolute Gasteiger partial charge is 0.380 e. The summed E-state index contributed by atoms with van der Waals surface area (Å²) >= 11 is 0. The molecule has 4 heteroatoms. The van der Waals surface area contributed by atoms with Gasteiger partial charge in [0.15, 0.2) is 0 Å². The molecule has 0 amide bonds. The quantitative estimate of drug-likeness (QED) is 0.399. The summed E-state index contributed by atoms with van der Waals surface area (Å²) in [5.74, 6) is 1.55. The third kappa shape index (κ3) is 6.29. The van der Waals surface area contributed by atoms with Crippen LogP contribution in [0, 0.1) is 22.7 Å². The van der Waals surface area contributed by atoms with Gasteiger partial charge in [0.05, 0.1) is 51.8 Å². The molecular weight excluding hydrogens is 400 g/mol. The average molecular weight is 451 g/mol. The summed E-state index contributed by atoms with van der Waals surface area (Å²) < 4.78 is 24.5. The van der Waals surface area contributed by atoms with Crippen molar-refractivity contribution in [2.24, 2.45) is 22.7 Å². The monoisotopic (exact) mass is 450 g/mol. The van der Waals surface area contributed by atoms with Crippen LogP contribution in [0.4, 0.5) is 0 Å². The molecule has 4 nitrogen and oxygen atoms in total. The first-order valence-electron chi connectivity index (χ1n) is 14.1. The Morgan fingerprint density at radius 3 is 1.78 bits per heavy atom. The number of hydrogen-bond donors (Lipinski definition) is 0. The zero-order valence-electron chi connectivity index (χ0n) is 21.1. The third-order valence-electron chi connectivity index (χ3n) is 9.43. The molecule has 2 saturated heterocycles. The normalized spacial score (nSPS) is 33.8. The second-order valence-electron chi connectivity index (χ2n) is 11.8. The van der Waals surface area contributed by atoms with Gasteiger partial charge in [-0.15, -0.1) is 0 Å². The molecule has 0 aromatic carbocycles. The minimum atomic E-state index is 0.290. The Morgan fingerprint density at radius 1 is 0.625 bits per heavy atom. The molecule has 2 saturated carbocycles. The van der Waals surface area contributed by atoms with Gasteiger partial charge in [-0.2, -0.15) is 0 Å². The molecule has 2 aliphatic heterocycles. The van der Waals surface area contributed by atoms with Gasteiger partial charge in [-0.25, -0.2) is 0 Å². The lowest BCUT2D eigenvalue weighted by Crippen LogP contribution is -2.48. The highest BCUT2D eigenvalue weighted by molar-refractivity contribution is 4.88. The first-order chi connectivity index (χ1) is 15.7. The minimum Gasteiger partial charge on any atom is -0.380 e. The Hall–Kier alpha value is -0.160. The summed E-state index contributed by atoms with van der Waals surface area (Å²) in [6.07, 6.45) is 19.3. The smallest absolute Gasteiger partial charge is 0.0606 e. The van der Waals surface area contributed by atoms with E-state index in [1.54, 1.807) is 0 Å². The van der Waals surface area contributed by atoms with Gasteiger partial charge in [-0.05, 0) is 56.8 Å². The van der Waals surface area contributed by atoms with Crippen LogP contribution in [-0.4, -0.2) is 51.8 Å². The van der Waals surface area contributed by atoms with Crippen LogP contribution in [0.1, 0.15) is 104 Å². The minimum absolute atomic E-state index is 0.290. The van der Waals surface area contributed by atoms with Gasteiger partial charge in [-0.3, -0.25) is 0 Å². The maximum atomic E-state index is 6.81. The number of rotatable bonds is 9. The van der Waals surface area contributed by atoms with E-state index in [1.165, 1.54) is 89.9 Å². The fourth-order valence-electron chi connectivity index (χ4n) is 6.44. The summed E-state index contributed by atoms with van der Waals surface area (Å²) in [5, 5.41) is 0. The van der Waals surface area contributed by atoms with Crippen LogP contribution < -0.4 is 0 Å². The Morgan fingerprint density at radius 2 is 1.22 bits per heavy atom. The highest BCUT2D eigenvalue weighted by Crippen LogP contribution is 2.40. The topological polar surface area (TPSA) is 36.9 Å². The Balaban J connectivity index is 1.36. The molecule has 186 valence electrons. The lowest BCUT2D eigenvalue weighted by Gasteiger charge is -2.44. The molecule has 0 N–H and O–H groups in total. The van der Waals surface area contributed by atoms with E-state index >= 15 is 0 Å². The van der Waals surface area contributed by atoms with Crippen molar-refractivity contribution < 1.29 is 18.9 Å². The molecule has 2 aliphatic carbocycles. The lowest BCUT2D eigenvalue weighted by molar-refractivity contribution is -0.174. The van der Waals surface area contributed by atoms with Crippen LogP contribution in [0.5, 0.6) is 0 Å². The number of ether oxygens (including phenoxy) is 4. The van der Waals surface area contributed by atoms with Crippen molar-refractivity contribution in [3.63, 3.8) is 0 Å². The van der Waals surface area contributed by atoms with E-state index in [0.717, 1.165) is 45.6 Å². The Bertz CT molecular complexity index is 523. The standard InChI is InChI=1S/C28H50O4/c1-3-27(17-29-18-27)21-31-24-13-10-14-26(32-22-28(4-2)19-30-20-28)25(16-15-24)23-11-8-6-5-7-9-12-23/h23-26H,3-22H2,1-2H3. The van der Waals surface area contributed by atoms with Gasteiger partial charge in [0.2, 0.25) is 0 Å². The molecule has 0 bridgehead atoms. The van der Waals surface area contributed by atoms with Crippen LogP contribution >= 0.6 is 0 Å². The second kappa shape index (κ2) is 12.0. The molecule has 32 heavy (non-hydrogen) atoms. The van der Waals surface area contributed by atoms with E-state index in [-0.39, 0.29) is 0 Å². The zero-order chi connectivity index (χ0) is 22.3. The van der Waals surface area contributed by atoms with E-state index in [9.17, 15) is 0 Å². The number of hydrogen-bond acceptors (Lipinski definition) is 4. The highest BCUT2D eigenvalue weighted by atomic mass is 16.5. The molecular formula is C28H50O4. The van der Waals surface area contributed by atoms with E-state index in [4.69, 9.17) is 18.9 Å². The fraction of sp³-hybridized carbons (Fsp3) is 1.00. The molecule has 0 aromatic heterocycles. The molecule has 4 rings (SSSR count). The van der Waals surface area contributed by atoms with Crippen molar-refractivity contribution >= 4 is 0 Å². The van der Waals surface area contributed by atoms with Crippen LogP contribution in [0.25, 0.3) is 0 Å². The van der Waals surface area contributed by atoms with E-state index in [2.05, 4.69) is 13.8 Å². The Kier molecular flexibility index (Phi) is 9.35. The van der Waals surface area contributed by atoms with Gasteiger partial charge >= 0.3 is 0 Å². The van der Waals surface area contributed by atoms with Crippen molar-refractivity contribution in [2.75, 3.05) is 39.6 Å². The van der Waals surface area contributed by atoms with E-state index in [0.29, 0.717) is 29.0 Å². The van der Waals surface area contributed by atoms with Crippen molar-refractivity contribution in [1.29, 1.82) is 0 Å². The zero-order valence-corrected chi connectivity index (χ0v) is 21.1. The summed E-state index contributed by atoms with van der Waals surface area (Å²) in [5.41, 5.74) is 0.588. The second-order valence-corrected chi connectivity index (χ2v) is 11.8. The van der Waals surface area contributed by atoms with Crippen LogP contribution in [0.2, 0.25) is 0 Å². The van der Waals surface area contributed by atoms with Crippen LogP contribution in [-0.2, 0) is 18.9 Å². The molecule has 2 heterocycles. The van der Waals surface area contributed by atoms with E-state index < -0.39 is 0 Å². The molecule has 0 spiro atoms. The summed E-state index contributed by atoms with van der Waals surface area (Å²) in [6, 6.07) is 0. The molecule has 0 aromatic rings. The van der Waals surface area contributed by atoms with Gasteiger partial charge in [-0.1, -0.05) is 58.8 Å². The van der Waals surface area contributed by atoms with Crippen molar-refractivity contribution in [3.05, 3.63) is 0 Å². The predicted molar refractivity (Wildman–Crippen MR) is 129 cm³/mol. The van der Waals surface area contributed by atoms with Crippen LogP contribution in [0.3, 0.4) is 0 Å².